The first-order valence-corrected chi connectivity index (χ1v) is 6.94. The third kappa shape index (κ3) is 2.87. The van der Waals surface area contributed by atoms with Crippen molar-refractivity contribution >= 4 is 0 Å². The Kier molecular flexibility index (Phi) is 3.83. The van der Waals surface area contributed by atoms with Crippen molar-refractivity contribution in [3.05, 3.63) is 72.2 Å². The summed E-state index contributed by atoms with van der Waals surface area (Å²) in [6.45, 7) is 2.07. The predicted molar refractivity (Wildman–Crippen MR) is 79.5 cm³/mol. The summed E-state index contributed by atoms with van der Waals surface area (Å²) in [4.78, 5) is 0. The van der Waals surface area contributed by atoms with Gasteiger partial charge in [-0.15, -0.1) is 10.2 Å². The van der Waals surface area contributed by atoms with Crippen molar-refractivity contribution < 1.29 is 4.42 Å². The Morgan fingerprint density at radius 1 is 1.14 bits per heavy atom. The van der Waals surface area contributed by atoms with Crippen molar-refractivity contribution in [1.82, 2.24) is 20.1 Å². The van der Waals surface area contributed by atoms with E-state index in [0.717, 1.165) is 17.1 Å². The maximum atomic E-state index is 5.59. The second-order valence-corrected chi connectivity index (χ2v) is 5.05. The molecule has 0 radical (unpaired) electrons. The number of hydrogen-bond acceptors (Lipinski definition) is 4. The summed E-state index contributed by atoms with van der Waals surface area (Å²) in [5.41, 5.74) is 1.15. The van der Waals surface area contributed by atoms with Crippen LogP contribution in [0.25, 0.3) is 0 Å². The van der Waals surface area contributed by atoms with Gasteiger partial charge >= 0.3 is 0 Å². The summed E-state index contributed by atoms with van der Waals surface area (Å²) in [7, 11) is 1.94. The molecule has 0 aliphatic heterocycles. The lowest BCUT2D eigenvalue weighted by Crippen LogP contribution is -2.27. The molecule has 0 saturated carbocycles. The number of nitrogens with one attached hydrogen (secondary N) is 1. The normalized spacial score (nSPS) is 14.0. The van der Waals surface area contributed by atoms with E-state index in [4.69, 9.17) is 4.42 Å². The van der Waals surface area contributed by atoms with E-state index < -0.39 is 0 Å². The molecule has 1 N–H and O–H groups in total. The van der Waals surface area contributed by atoms with Gasteiger partial charge in [-0.2, -0.15) is 0 Å². The van der Waals surface area contributed by atoms with E-state index in [0.29, 0.717) is 0 Å². The zero-order chi connectivity index (χ0) is 14.7. The monoisotopic (exact) mass is 282 g/mol. The zero-order valence-corrected chi connectivity index (χ0v) is 12.1. The molecule has 0 aliphatic rings. The molecule has 3 aromatic rings. The molecule has 1 aromatic carbocycles. The SMILES string of the molecule is CC(NC(c1ccccc1)c1ccco1)c1nncn1C. The minimum atomic E-state index is -0.0205. The number of furan rings is 1. The molecule has 0 fully saturated rings. The summed E-state index contributed by atoms with van der Waals surface area (Å²) in [5.74, 6) is 1.78. The average Bonchev–Trinajstić information content (AvgIpc) is 3.17. The first kappa shape index (κ1) is 13.6. The molecule has 21 heavy (non-hydrogen) atoms. The van der Waals surface area contributed by atoms with Gasteiger partial charge < -0.3 is 8.98 Å². The summed E-state index contributed by atoms with van der Waals surface area (Å²) in [6, 6.07) is 14.1. The molecular weight excluding hydrogens is 264 g/mol. The largest absolute Gasteiger partial charge is 0.467 e. The molecule has 2 heterocycles. The Labute approximate surface area is 123 Å². The van der Waals surface area contributed by atoms with E-state index >= 15 is 0 Å². The average molecular weight is 282 g/mol. The number of aromatic nitrogens is 3. The van der Waals surface area contributed by atoms with Crippen LogP contribution in [0.4, 0.5) is 0 Å². The maximum Gasteiger partial charge on any atom is 0.149 e. The topological polar surface area (TPSA) is 55.9 Å². The molecule has 2 unspecified atom stereocenters. The maximum absolute atomic E-state index is 5.59. The smallest absolute Gasteiger partial charge is 0.149 e. The van der Waals surface area contributed by atoms with Crippen LogP contribution in [0.3, 0.4) is 0 Å². The summed E-state index contributed by atoms with van der Waals surface area (Å²) in [5, 5.41) is 11.7. The molecule has 0 bridgehead atoms. The van der Waals surface area contributed by atoms with Crippen molar-refractivity contribution in [3.8, 4) is 0 Å². The zero-order valence-electron chi connectivity index (χ0n) is 12.1. The second kappa shape index (κ2) is 5.93. The molecule has 108 valence electrons. The van der Waals surface area contributed by atoms with E-state index in [1.807, 2.05) is 41.9 Å². The molecule has 3 rings (SSSR count). The number of nitrogens with zero attached hydrogens (tertiary/aromatic N) is 3. The van der Waals surface area contributed by atoms with Crippen molar-refractivity contribution in [2.45, 2.75) is 19.0 Å². The van der Waals surface area contributed by atoms with Crippen LogP contribution in [0.15, 0.2) is 59.5 Å². The molecule has 2 aromatic heterocycles. The summed E-state index contributed by atoms with van der Waals surface area (Å²) in [6.07, 6.45) is 3.40. The van der Waals surface area contributed by atoms with E-state index in [9.17, 15) is 0 Å². The highest BCUT2D eigenvalue weighted by Crippen LogP contribution is 2.25. The third-order valence-corrected chi connectivity index (χ3v) is 3.51. The van der Waals surface area contributed by atoms with Gasteiger partial charge in [-0.1, -0.05) is 30.3 Å². The van der Waals surface area contributed by atoms with Gasteiger partial charge in [0.2, 0.25) is 0 Å². The Morgan fingerprint density at radius 3 is 2.57 bits per heavy atom. The van der Waals surface area contributed by atoms with Gasteiger partial charge in [-0.3, -0.25) is 5.32 Å². The van der Waals surface area contributed by atoms with Crippen LogP contribution in [0, 0.1) is 0 Å². The quantitative estimate of drug-likeness (QED) is 0.782. The third-order valence-electron chi connectivity index (χ3n) is 3.51. The fourth-order valence-corrected chi connectivity index (χ4v) is 2.45. The minimum Gasteiger partial charge on any atom is -0.467 e. The summed E-state index contributed by atoms with van der Waals surface area (Å²) < 4.78 is 7.51. The minimum absolute atomic E-state index is 0.0205. The Bertz CT molecular complexity index is 675. The van der Waals surface area contributed by atoms with Crippen molar-refractivity contribution in [2.24, 2.45) is 7.05 Å². The van der Waals surface area contributed by atoms with E-state index in [2.05, 4.69) is 34.6 Å². The van der Waals surface area contributed by atoms with Crippen LogP contribution in [0.1, 0.15) is 36.2 Å². The van der Waals surface area contributed by atoms with Crippen LogP contribution in [0.5, 0.6) is 0 Å². The molecule has 5 heteroatoms. The van der Waals surface area contributed by atoms with Gasteiger partial charge in [0.25, 0.3) is 0 Å². The van der Waals surface area contributed by atoms with Crippen molar-refractivity contribution in [3.63, 3.8) is 0 Å². The number of hydrogen-bond donors (Lipinski definition) is 1. The predicted octanol–water partition coefficient (Wildman–Crippen LogP) is 2.85. The van der Waals surface area contributed by atoms with E-state index in [1.165, 1.54) is 0 Å². The van der Waals surface area contributed by atoms with E-state index in [1.54, 1.807) is 12.6 Å². The van der Waals surface area contributed by atoms with Crippen molar-refractivity contribution in [2.75, 3.05) is 0 Å². The first-order chi connectivity index (χ1) is 10.3. The number of rotatable bonds is 5. The van der Waals surface area contributed by atoms with Gasteiger partial charge in [0, 0.05) is 7.05 Å². The molecule has 0 spiro atoms. The van der Waals surface area contributed by atoms with Gasteiger partial charge in [-0.25, -0.2) is 0 Å². The lowest BCUT2D eigenvalue weighted by atomic mass is 10.0. The highest BCUT2D eigenvalue weighted by Gasteiger charge is 2.21. The van der Waals surface area contributed by atoms with Crippen LogP contribution in [0.2, 0.25) is 0 Å². The molecule has 0 saturated heterocycles. The van der Waals surface area contributed by atoms with Crippen molar-refractivity contribution in [1.29, 1.82) is 0 Å². The molecule has 0 amide bonds. The molecular formula is C16H18N4O. The number of aryl methyl sites for hydroxylation is 1. The van der Waals surface area contributed by atoms with Gasteiger partial charge in [-0.05, 0) is 24.6 Å². The first-order valence-electron chi connectivity index (χ1n) is 6.94. The van der Waals surface area contributed by atoms with Gasteiger partial charge in [0.15, 0.2) is 0 Å². The fraction of sp³-hybridized carbons (Fsp3) is 0.250. The molecule has 0 aliphatic carbocycles. The second-order valence-electron chi connectivity index (χ2n) is 5.05. The van der Waals surface area contributed by atoms with Crippen LogP contribution >= 0.6 is 0 Å². The highest BCUT2D eigenvalue weighted by molar-refractivity contribution is 5.26. The van der Waals surface area contributed by atoms with Gasteiger partial charge in [0.1, 0.15) is 17.9 Å². The lowest BCUT2D eigenvalue weighted by Gasteiger charge is -2.21. The Morgan fingerprint density at radius 2 is 1.95 bits per heavy atom. The number of benzene rings is 1. The molecule has 5 nitrogen and oxygen atoms in total. The lowest BCUT2D eigenvalue weighted by molar-refractivity contribution is 0.408. The van der Waals surface area contributed by atoms with Gasteiger partial charge in [0.05, 0.1) is 18.3 Å². The summed E-state index contributed by atoms with van der Waals surface area (Å²) >= 11 is 0. The fourth-order valence-electron chi connectivity index (χ4n) is 2.45. The molecule has 2 atom stereocenters. The van der Waals surface area contributed by atoms with Crippen LogP contribution in [-0.4, -0.2) is 14.8 Å². The Hall–Kier alpha value is -2.40. The van der Waals surface area contributed by atoms with E-state index in [-0.39, 0.29) is 12.1 Å². The Balaban J connectivity index is 1.89. The standard InChI is InChI=1S/C16H18N4O/c1-12(16-19-17-11-20(16)2)18-15(14-9-6-10-21-14)13-7-4-3-5-8-13/h3-12,15,18H,1-2H3. The van der Waals surface area contributed by atoms with Crippen LogP contribution < -0.4 is 5.32 Å². The highest BCUT2D eigenvalue weighted by atomic mass is 16.3. The van der Waals surface area contributed by atoms with Crippen LogP contribution in [-0.2, 0) is 7.05 Å².